The fourth-order valence-corrected chi connectivity index (χ4v) is 3.19. The van der Waals surface area contributed by atoms with Crippen LogP contribution >= 0.6 is 0 Å². The number of carbonyl (C=O) groups excluding carboxylic acids is 2. The Bertz CT molecular complexity index is 1070. The molecule has 0 radical (unpaired) electrons. The average Bonchev–Trinajstić information content (AvgIpc) is 3.53. The molecule has 3 heterocycles. The van der Waals surface area contributed by atoms with E-state index >= 15 is 0 Å². The van der Waals surface area contributed by atoms with Gasteiger partial charge in [-0.2, -0.15) is 0 Å². The van der Waals surface area contributed by atoms with Gasteiger partial charge in [0.15, 0.2) is 17.2 Å². The number of aromatic nitrogens is 2. The molecule has 1 aliphatic rings. The lowest BCUT2D eigenvalue weighted by Crippen LogP contribution is -2.20. The van der Waals surface area contributed by atoms with Gasteiger partial charge in [0.25, 0.3) is 6.47 Å². The van der Waals surface area contributed by atoms with Gasteiger partial charge < -0.3 is 29.0 Å². The first-order chi connectivity index (χ1) is 17.2. The van der Waals surface area contributed by atoms with Gasteiger partial charge in [-0.05, 0) is 52.7 Å². The van der Waals surface area contributed by atoms with Crippen molar-refractivity contribution in [2.24, 2.45) is 0 Å². The van der Waals surface area contributed by atoms with Crippen LogP contribution in [-0.4, -0.2) is 64.5 Å². The van der Waals surface area contributed by atoms with Crippen molar-refractivity contribution in [1.82, 2.24) is 9.97 Å². The molecule has 3 aromatic rings. The first kappa shape index (κ1) is 30.8. The minimum Gasteiger partial charge on any atom is -0.464 e. The largest absolute Gasteiger partial charge is 0.464 e. The number of aliphatic hydroxyl groups excluding tert-OH is 2. The van der Waals surface area contributed by atoms with E-state index in [0.717, 1.165) is 41.0 Å². The molecule has 36 heavy (non-hydrogen) atoms. The second kappa shape index (κ2) is 15.7. The van der Waals surface area contributed by atoms with Crippen molar-refractivity contribution < 1.29 is 33.7 Å². The van der Waals surface area contributed by atoms with Crippen LogP contribution < -0.4 is 4.90 Å². The summed E-state index contributed by atoms with van der Waals surface area (Å²) < 4.78 is 14.8. The normalized spacial score (nSPS) is 12.5. The predicted octanol–water partition coefficient (Wildman–Crippen LogP) is 3.99. The van der Waals surface area contributed by atoms with Crippen LogP contribution in [0.3, 0.4) is 0 Å². The van der Waals surface area contributed by atoms with Crippen molar-refractivity contribution in [3.63, 3.8) is 0 Å². The third kappa shape index (κ3) is 9.43. The summed E-state index contributed by atoms with van der Waals surface area (Å²) in [5.41, 5.74) is 2.01. The number of fused-ring (bicyclic) bond motifs is 3. The van der Waals surface area contributed by atoms with E-state index in [1.54, 1.807) is 6.92 Å². The second-order valence-corrected chi connectivity index (χ2v) is 8.38. The van der Waals surface area contributed by atoms with Gasteiger partial charge in [0, 0.05) is 18.5 Å². The molecule has 1 saturated heterocycles. The zero-order chi connectivity index (χ0) is 27.1. The monoisotopic (exact) mass is 505 g/mol. The van der Waals surface area contributed by atoms with Crippen molar-refractivity contribution in [1.29, 1.82) is 0 Å². The number of hydrogen-bond donors (Lipinski definition) is 2. The Morgan fingerprint density at radius 2 is 1.78 bits per heavy atom. The lowest BCUT2D eigenvalue weighted by Gasteiger charge is -2.16. The van der Waals surface area contributed by atoms with E-state index in [1.807, 2.05) is 58.9 Å². The van der Waals surface area contributed by atoms with Gasteiger partial charge in [-0.15, -0.1) is 0 Å². The van der Waals surface area contributed by atoms with Crippen molar-refractivity contribution in [3.8, 4) is 0 Å². The van der Waals surface area contributed by atoms with Crippen molar-refractivity contribution in [2.45, 2.75) is 66.6 Å². The molecule has 0 amide bonds. The molecule has 0 unspecified atom stereocenters. The first-order valence-corrected chi connectivity index (χ1v) is 12.2. The van der Waals surface area contributed by atoms with E-state index in [1.165, 1.54) is 12.8 Å². The molecule has 1 aromatic carbocycles. The number of carbonyl (C=O) groups is 2. The Morgan fingerprint density at radius 1 is 1.14 bits per heavy atom. The summed E-state index contributed by atoms with van der Waals surface area (Å²) in [5, 5.41) is 18.4. The number of nitrogens with zero attached hydrogens (tertiary/aromatic N) is 3. The Balaban J connectivity index is 0.000000339. The summed E-state index contributed by atoms with van der Waals surface area (Å²) in [4.78, 5) is 30.7. The Hall–Kier alpha value is -3.24. The van der Waals surface area contributed by atoms with Crippen molar-refractivity contribution in [3.05, 3.63) is 30.1 Å². The molecule has 2 aromatic heterocycles. The quantitative estimate of drug-likeness (QED) is 0.387. The molecule has 10 nitrogen and oxygen atoms in total. The molecule has 0 saturated carbocycles. The Labute approximate surface area is 212 Å². The van der Waals surface area contributed by atoms with E-state index < -0.39 is 12.6 Å². The maximum absolute atomic E-state index is 9.94. The first-order valence-electron chi connectivity index (χ1n) is 12.2. The summed E-state index contributed by atoms with van der Waals surface area (Å²) in [6.07, 6.45) is 2.33. The number of para-hydroxylation sites is 1. The van der Waals surface area contributed by atoms with Gasteiger partial charge in [-0.25, -0.2) is 14.8 Å². The molecular formula is C26H39N3O7. The average molecular weight is 506 g/mol. The fourth-order valence-electron chi connectivity index (χ4n) is 3.19. The minimum absolute atomic E-state index is 0.156. The molecule has 0 bridgehead atoms. The molecule has 4 rings (SSSR count). The van der Waals surface area contributed by atoms with E-state index in [2.05, 4.69) is 24.3 Å². The van der Waals surface area contributed by atoms with Crippen LogP contribution in [0.1, 0.15) is 60.2 Å². The van der Waals surface area contributed by atoms with Crippen molar-refractivity contribution >= 4 is 40.3 Å². The van der Waals surface area contributed by atoms with Gasteiger partial charge in [0.1, 0.15) is 29.9 Å². The molecule has 2 N–H and O–H groups in total. The van der Waals surface area contributed by atoms with Gasteiger partial charge in [-0.1, -0.05) is 26.0 Å². The van der Waals surface area contributed by atoms with Crippen LogP contribution in [0.4, 0.5) is 5.82 Å². The number of benzene rings is 1. The number of hydrogen-bond acceptors (Lipinski definition) is 10. The predicted molar refractivity (Wildman–Crippen MR) is 139 cm³/mol. The third-order valence-corrected chi connectivity index (χ3v) is 4.63. The summed E-state index contributed by atoms with van der Waals surface area (Å²) in [7, 11) is 0. The molecule has 0 spiro atoms. The van der Waals surface area contributed by atoms with Crippen LogP contribution in [0.5, 0.6) is 0 Å². The molecular weight excluding hydrogens is 466 g/mol. The second-order valence-electron chi connectivity index (χ2n) is 8.38. The SMILES string of the molecule is CC.CC(C)(C)OC=O.CCOC(=O)CO.OCc1nc(N2CCCC2)c2oc3ccccc3c2n1. The lowest BCUT2D eigenvalue weighted by atomic mass is 10.2. The smallest absolute Gasteiger partial charge is 0.331 e. The lowest BCUT2D eigenvalue weighted by molar-refractivity contribution is -0.146. The summed E-state index contributed by atoms with van der Waals surface area (Å²) in [6, 6.07) is 7.83. The number of anilines is 1. The minimum atomic E-state index is -0.567. The highest BCUT2D eigenvalue weighted by molar-refractivity contribution is 6.05. The van der Waals surface area contributed by atoms with Gasteiger partial charge in [0.05, 0.1) is 6.61 Å². The van der Waals surface area contributed by atoms with Gasteiger partial charge >= 0.3 is 5.97 Å². The highest BCUT2D eigenvalue weighted by atomic mass is 16.5. The van der Waals surface area contributed by atoms with E-state index in [-0.39, 0.29) is 12.2 Å². The highest BCUT2D eigenvalue weighted by Gasteiger charge is 2.22. The van der Waals surface area contributed by atoms with Crippen LogP contribution in [0.25, 0.3) is 22.1 Å². The highest BCUT2D eigenvalue weighted by Crippen LogP contribution is 2.34. The van der Waals surface area contributed by atoms with Crippen LogP contribution in [0.15, 0.2) is 28.7 Å². The van der Waals surface area contributed by atoms with Gasteiger partial charge in [-0.3, -0.25) is 4.79 Å². The fraction of sp³-hybridized carbons (Fsp3) is 0.538. The zero-order valence-corrected chi connectivity index (χ0v) is 22.1. The molecule has 200 valence electrons. The molecule has 0 aliphatic carbocycles. The molecule has 1 fully saturated rings. The molecule has 0 atom stereocenters. The number of rotatable bonds is 5. The van der Waals surface area contributed by atoms with Crippen LogP contribution in [0, 0.1) is 0 Å². The number of furan rings is 1. The topological polar surface area (TPSA) is 135 Å². The zero-order valence-electron chi connectivity index (χ0n) is 22.1. The summed E-state index contributed by atoms with van der Waals surface area (Å²) >= 11 is 0. The van der Waals surface area contributed by atoms with Gasteiger partial charge in [0.2, 0.25) is 0 Å². The maximum Gasteiger partial charge on any atom is 0.331 e. The number of esters is 1. The van der Waals surface area contributed by atoms with E-state index in [9.17, 15) is 14.7 Å². The van der Waals surface area contributed by atoms with E-state index in [4.69, 9.17) is 9.52 Å². The summed E-state index contributed by atoms with van der Waals surface area (Å²) in [6.45, 7) is 13.2. The third-order valence-electron chi connectivity index (χ3n) is 4.63. The maximum atomic E-state index is 9.94. The Morgan fingerprint density at radius 3 is 2.25 bits per heavy atom. The Kier molecular flexibility index (Phi) is 13.4. The van der Waals surface area contributed by atoms with Crippen LogP contribution in [-0.2, 0) is 25.7 Å². The standard InChI is InChI=1S/C15H15N3O2.C5H10O2.C4H8O3.C2H6/c19-9-12-16-13-10-5-1-2-6-11(10)20-14(13)15(17-12)18-7-3-4-8-18;1-5(2,3)7-4-6;1-2-7-4(6)3-5;1-2/h1-2,5-6,19H,3-4,7-9H2;4H,1-3H3;5H,2-3H2,1H3;1-2H3. The van der Waals surface area contributed by atoms with Crippen LogP contribution in [0.2, 0.25) is 0 Å². The summed E-state index contributed by atoms with van der Waals surface area (Å²) in [5.74, 6) is 0.696. The number of aliphatic hydroxyl groups is 2. The van der Waals surface area contributed by atoms with Crippen molar-refractivity contribution in [2.75, 3.05) is 31.2 Å². The van der Waals surface area contributed by atoms with E-state index in [0.29, 0.717) is 18.9 Å². The molecule has 1 aliphatic heterocycles. The number of ether oxygens (including phenoxy) is 2. The molecule has 10 heteroatoms.